The lowest BCUT2D eigenvalue weighted by molar-refractivity contribution is -0.137. The molecule has 0 aromatic heterocycles. The zero-order valence-electron chi connectivity index (χ0n) is 12.1. The SMILES string of the molecule is CCNC(=O)c1cccc(OCC(=O)N2CCOCC2)c1. The van der Waals surface area contributed by atoms with Crippen molar-refractivity contribution < 1.29 is 19.1 Å². The molecule has 0 aliphatic carbocycles. The van der Waals surface area contributed by atoms with Crippen LogP contribution in [0.15, 0.2) is 24.3 Å². The highest BCUT2D eigenvalue weighted by molar-refractivity contribution is 5.94. The maximum Gasteiger partial charge on any atom is 0.260 e. The van der Waals surface area contributed by atoms with Crippen LogP contribution in [0.3, 0.4) is 0 Å². The third kappa shape index (κ3) is 4.46. The number of amides is 2. The minimum Gasteiger partial charge on any atom is -0.484 e. The van der Waals surface area contributed by atoms with E-state index in [-0.39, 0.29) is 18.4 Å². The highest BCUT2D eigenvalue weighted by atomic mass is 16.5. The number of carbonyl (C=O) groups is 2. The molecule has 0 bridgehead atoms. The van der Waals surface area contributed by atoms with E-state index >= 15 is 0 Å². The van der Waals surface area contributed by atoms with E-state index in [4.69, 9.17) is 9.47 Å². The number of rotatable bonds is 5. The summed E-state index contributed by atoms with van der Waals surface area (Å²) in [5, 5.41) is 2.72. The average molecular weight is 292 g/mol. The Labute approximate surface area is 124 Å². The molecule has 1 N–H and O–H groups in total. The van der Waals surface area contributed by atoms with Crippen LogP contribution in [0.2, 0.25) is 0 Å². The molecule has 0 radical (unpaired) electrons. The predicted octanol–water partition coefficient (Wildman–Crippen LogP) is 0.674. The fourth-order valence-corrected chi connectivity index (χ4v) is 2.04. The van der Waals surface area contributed by atoms with Gasteiger partial charge in [-0.2, -0.15) is 0 Å². The molecule has 1 fully saturated rings. The Bertz CT molecular complexity index is 498. The first-order valence-corrected chi connectivity index (χ1v) is 7.07. The van der Waals surface area contributed by atoms with E-state index in [1.807, 2.05) is 6.92 Å². The van der Waals surface area contributed by atoms with Crippen molar-refractivity contribution in [2.24, 2.45) is 0 Å². The number of morpholine rings is 1. The molecule has 1 heterocycles. The number of nitrogens with zero attached hydrogens (tertiary/aromatic N) is 1. The molecule has 0 atom stereocenters. The molecular weight excluding hydrogens is 272 g/mol. The van der Waals surface area contributed by atoms with Gasteiger partial charge in [-0.25, -0.2) is 0 Å². The van der Waals surface area contributed by atoms with Crippen LogP contribution in [0.5, 0.6) is 5.75 Å². The Morgan fingerprint density at radius 2 is 2.10 bits per heavy atom. The first-order chi connectivity index (χ1) is 10.2. The second-order valence-corrected chi connectivity index (χ2v) is 4.67. The molecule has 6 nitrogen and oxygen atoms in total. The average Bonchev–Trinajstić information content (AvgIpc) is 2.54. The Kier molecular flexibility index (Phi) is 5.57. The van der Waals surface area contributed by atoms with Crippen molar-refractivity contribution in [1.82, 2.24) is 10.2 Å². The van der Waals surface area contributed by atoms with E-state index in [1.54, 1.807) is 29.2 Å². The van der Waals surface area contributed by atoms with Crippen molar-refractivity contribution in [2.45, 2.75) is 6.92 Å². The highest BCUT2D eigenvalue weighted by Crippen LogP contribution is 2.13. The van der Waals surface area contributed by atoms with Crippen molar-refractivity contribution in [3.05, 3.63) is 29.8 Å². The molecular formula is C15H20N2O4. The van der Waals surface area contributed by atoms with Gasteiger partial charge in [0.25, 0.3) is 11.8 Å². The summed E-state index contributed by atoms with van der Waals surface area (Å²) < 4.78 is 10.7. The Morgan fingerprint density at radius 3 is 2.81 bits per heavy atom. The second kappa shape index (κ2) is 7.64. The highest BCUT2D eigenvalue weighted by Gasteiger charge is 2.17. The molecule has 1 aliphatic heterocycles. The zero-order chi connectivity index (χ0) is 15.1. The van der Waals surface area contributed by atoms with Crippen LogP contribution in [0.4, 0.5) is 0 Å². The number of benzene rings is 1. The summed E-state index contributed by atoms with van der Waals surface area (Å²) in [6, 6.07) is 6.81. The molecule has 0 spiro atoms. The number of nitrogens with one attached hydrogen (secondary N) is 1. The van der Waals surface area contributed by atoms with Crippen molar-refractivity contribution in [3.8, 4) is 5.75 Å². The predicted molar refractivity (Wildman–Crippen MR) is 77.3 cm³/mol. The normalized spacial score (nSPS) is 14.6. The third-order valence-electron chi connectivity index (χ3n) is 3.16. The Balaban J connectivity index is 1.89. The van der Waals surface area contributed by atoms with Crippen LogP contribution < -0.4 is 10.1 Å². The van der Waals surface area contributed by atoms with Gasteiger partial charge in [-0.15, -0.1) is 0 Å². The molecule has 1 aliphatic rings. The lowest BCUT2D eigenvalue weighted by Gasteiger charge is -2.26. The van der Waals surface area contributed by atoms with Crippen LogP contribution in [-0.2, 0) is 9.53 Å². The fourth-order valence-electron chi connectivity index (χ4n) is 2.04. The summed E-state index contributed by atoms with van der Waals surface area (Å²) in [6.45, 7) is 4.73. The molecule has 1 aromatic carbocycles. The first kappa shape index (κ1) is 15.3. The summed E-state index contributed by atoms with van der Waals surface area (Å²) in [4.78, 5) is 25.4. The van der Waals surface area contributed by atoms with Crippen molar-refractivity contribution >= 4 is 11.8 Å². The molecule has 0 saturated carbocycles. The van der Waals surface area contributed by atoms with E-state index < -0.39 is 0 Å². The quantitative estimate of drug-likeness (QED) is 0.866. The molecule has 2 amide bonds. The van der Waals surface area contributed by atoms with Crippen LogP contribution in [0, 0.1) is 0 Å². The first-order valence-electron chi connectivity index (χ1n) is 7.07. The van der Waals surface area contributed by atoms with Crippen molar-refractivity contribution in [3.63, 3.8) is 0 Å². The van der Waals surface area contributed by atoms with Crippen LogP contribution in [0.25, 0.3) is 0 Å². The number of ether oxygens (including phenoxy) is 2. The zero-order valence-corrected chi connectivity index (χ0v) is 12.1. The molecule has 114 valence electrons. The Hall–Kier alpha value is -2.08. The van der Waals surface area contributed by atoms with Crippen molar-refractivity contribution in [1.29, 1.82) is 0 Å². The standard InChI is InChI=1S/C15H20N2O4/c1-2-16-15(19)12-4-3-5-13(10-12)21-11-14(18)17-6-8-20-9-7-17/h3-5,10H,2,6-9,11H2,1H3,(H,16,19). The minimum atomic E-state index is -0.151. The van der Waals surface area contributed by atoms with Crippen LogP contribution >= 0.6 is 0 Å². The molecule has 21 heavy (non-hydrogen) atoms. The van der Waals surface area contributed by atoms with Gasteiger partial charge >= 0.3 is 0 Å². The van der Waals surface area contributed by atoms with E-state index in [2.05, 4.69) is 5.32 Å². The van der Waals surface area contributed by atoms with Crippen LogP contribution in [0.1, 0.15) is 17.3 Å². The Morgan fingerprint density at radius 1 is 1.33 bits per heavy atom. The largest absolute Gasteiger partial charge is 0.484 e. The maximum atomic E-state index is 12.0. The molecule has 0 unspecified atom stereocenters. The monoisotopic (exact) mass is 292 g/mol. The van der Waals surface area contributed by atoms with Gasteiger partial charge in [0.2, 0.25) is 0 Å². The molecule has 1 aromatic rings. The van der Waals surface area contributed by atoms with E-state index in [0.29, 0.717) is 44.2 Å². The molecule has 6 heteroatoms. The smallest absolute Gasteiger partial charge is 0.260 e. The maximum absolute atomic E-state index is 12.0. The van der Waals surface area contributed by atoms with Gasteiger partial charge in [0.1, 0.15) is 5.75 Å². The van der Waals surface area contributed by atoms with Gasteiger partial charge in [0.15, 0.2) is 6.61 Å². The molecule has 2 rings (SSSR count). The number of hydrogen-bond acceptors (Lipinski definition) is 4. The summed E-state index contributed by atoms with van der Waals surface area (Å²) >= 11 is 0. The topological polar surface area (TPSA) is 67.9 Å². The number of carbonyl (C=O) groups excluding carboxylic acids is 2. The van der Waals surface area contributed by atoms with Gasteiger partial charge in [0, 0.05) is 25.2 Å². The third-order valence-corrected chi connectivity index (χ3v) is 3.16. The second-order valence-electron chi connectivity index (χ2n) is 4.67. The number of hydrogen-bond donors (Lipinski definition) is 1. The van der Waals surface area contributed by atoms with Gasteiger partial charge in [0.05, 0.1) is 13.2 Å². The van der Waals surface area contributed by atoms with Gasteiger partial charge in [-0.3, -0.25) is 9.59 Å². The summed E-state index contributed by atoms with van der Waals surface area (Å²) in [6.07, 6.45) is 0. The van der Waals surface area contributed by atoms with E-state index in [9.17, 15) is 9.59 Å². The summed E-state index contributed by atoms with van der Waals surface area (Å²) in [7, 11) is 0. The van der Waals surface area contributed by atoms with Crippen molar-refractivity contribution in [2.75, 3.05) is 39.5 Å². The van der Waals surface area contributed by atoms with E-state index in [0.717, 1.165) is 0 Å². The summed E-state index contributed by atoms with van der Waals surface area (Å²) in [5.41, 5.74) is 0.521. The minimum absolute atomic E-state index is 0.0289. The van der Waals surface area contributed by atoms with Gasteiger partial charge in [-0.05, 0) is 25.1 Å². The lowest BCUT2D eigenvalue weighted by atomic mass is 10.2. The fraction of sp³-hybridized carbons (Fsp3) is 0.467. The van der Waals surface area contributed by atoms with E-state index in [1.165, 1.54) is 0 Å². The lowest BCUT2D eigenvalue weighted by Crippen LogP contribution is -2.42. The van der Waals surface area contributed by atoms with Gasteiger partial charge < -0.3 is 19.7 Å². The molecule has 1 saturated heterocycles. The summed E-state index contributed by atoms with van der Waals surface area (Å²) in [5.74, 6) is 0.296. The van der Waals surface area contributed by atoms with Gasteiger partial charge in [-0.1, -0.05) is 6.07 Å². The van der Waals surface area contributed by atoms with Crippen LogP contribution in [-0.4, -0.2) is 56.2 Å².